The van der Waals surface area contributed by atoms with Crippen LogP contribution in [0.2, 0.25) is 0 Å². The zero-order valence-corrected chi connectivity index (χ0v) is 13.6. The maximum absolute atomic E-state index is 12.2. The Labute approximate surface area is 135 Å². The quantitative estimate of drug-likeness (QED) is 0.815. The molecular weight excluding hydrogens is 290 g/mol. The number of Topliss-reactive ketones (excluding diaryl/α,β-unsaturated/α-hetero) is 1. The van der Waals surface area contributed by atoms with E-state index in [2.05, 4.69) is 0 Å². The topological polar surface area (TPSA) is 46.6 Å². The molecule has 1 aliphatic rings. The van der Waals surface area contributed by atoms with Crippen molar-refractivity contribution in [3.63, 3.8) is 0 Å². The maximum atomic E-state index is 12.2. The summed E-state index contributed by atoms with van der Waals surface area (Å²) in [5.41, 5.74) is 4.31. The number of hydrogen-bond donors (Lipinski definition) is 0. The van der Waals surface area contributed by atoms with Crippen LogP contribution in [-0.2, 0) is 4.79 Å². The second kappa shape index (κ2) is 5.88. The molecule has 0 unspecified atom stereocenters. The Morgan fingerprint density at radius 2 is 1.65 bits per heavy atom. The highest BCUT2D eigenvalue weighted by molar-refractivity contribution is 6.52. The zero-order chi connectivity index (χ0) is 16.6. The van der Waals surface area contributed by atoms with Crippen molar-refractivity contribution in [2.45, 2.75) is 20.8 Å². The van der Waals surface area contributed by atoms with Crippen molar-refractivity contribution < 1.29 is 14.3 Å². The molecule has 1 aliphatic heterocycles. The van der Waals surface area contributed by atoms with Crippen molar-refractivity contribution in [2.75, 3.05) is 18.1 Å². The Morgan fingerprint density at radius 1 is 0.957 bits per heavy atom. The van der Waals surface area contributed by atoms with E-state index in [-0.39, 0.29) is 0 Å². The molecule has 0 N–H and O–H groups in total. The summed E-state index contributed by atoms with van der Waals surface area (Å²) in [5, 5.41) is 0. The molecule has 4 nitrogen and oxygen atoms in total. The molecule has 23 heavy (non-hydrogen) atoms. The molecule has 0 saturated carbocycles. The highest BCUT2D eigenvalue weighted by Gasteiger charge is 2.35. The maximum Gasteiger partial charge on any atom is 0.299 e. The lowest BCUT2D eigenvalue weighted by Gasteiger charge is -2.17. The number of carbonyl (C=O) groups is 2. The molecule has 2 aromatic rings. The summed E-state index contributed by atoms with van der Waals surface area (Å²) in [4.78, 5) is 25.7. The van der Waals surface area contributed by atoms with Gasteiger partial charge in [0.1, 0.15) is 12.4 Å². The minimum absolute atomic E-state index is 0.344. The molecule has 0 aromatic heterocycles. The summed E-state index contributed by atoms with van der Waals surface area (Å²) < 4.78 is 5.80. The molecule has 1 heterocycles. The highest BCUT2D eigenvalue weighted by atomic mass is 16.5. The van der Waals surface area contributed by atoms with Crippen molar-refractivity contribution in [2.24, 2.45) is 0 Å². The van der Waals surface area contributed by atoms with Crippen LogP contribution in [0.1, 0.15) is 27.0 Å². The standard InChI is InChI=1S/C19H19NO3/c1-12-5-7-16-15(10-12)18(21)19(22)20(16)8-9-23-17-11-13(2)4-6-14(17)3/h4-7,10-11H,8-9H2,1-3H3. The number of fused-ring (bicyclic) bond motifs is 1. The lowest BCUT2D eigenvalue weighted by atomic mass is 10.1. The van der Waals surface area contributed by atoms with Crippen molar-refractivity contribution >= 4 is 17.4 Å². The summed E-state index contributed by atoms with van der Waals surface area (Å²) in [7, 11) is 0. The SMILES string of the molecule is Cc1ccc(C)c(OCCN2C(=O)C(=O)c3cc(C)ccc32)c1. The lowest BCUT2D eigenvalue weighted by Crippen LogP contribution is -2.33. The van der Waals surface area contributed by atoms with Gasteiger partial charge >= 0.3 is 0 Å². The summed E-state index contributed by atoms with van der Waals surface area (Å²) in [6.45, 7) is 6.60. The van der Waals surface area contributed by atoms with Crippen LogP contribution in [0.15, 0.2) is 36.4 Å². The third-order valence-electron chi connectivity index (χ3n) is 4.04. The molecule has 2 aromatic carbocycles. The molecule has 0 radical (unpaired) electrons. The van der Waals surface area contributed by atoms with Gasteiger partial charge in [-0.3, -0.25) is 9.59 Å². The van der Waals surface area contributed by atoms with Gasteiger partial charge in [0.25, 0.3) is 11.7 Å². The van der Waals surface area contributed by atoms with E-state index < -0.39 is 11.7 Å². The fourth-order valence-electron chi connectivity index (χ4n) is 2.75. The van der Waals surface area contributed by atoms with Crippen LogP contribution in [0.3, 0.4) is 0 Å². The van der Waals surface area contributed by atoms with E-state index in [1.807, 2.05) is 51.1 Å². The average molecular weight is 309 g/mol. The molecule has 0 saturated heterocycles. The van der Waals surface area contributed by atoms with Crippen molar-refractivity contribution in [1.82, 2.24) is 0 Å². The van der Waals surface area contributed by atoms with E-state index in [9.17, 15) is 9.59 Å². The molecule has 4 heteroatoms. The normalized spacial score (nSPS) is 13.4. The predicted molar refractivity (Wildman–Crippen MR) is 89.3 cm³/mol. The second-order valence-corrected chi connectivity index (χ2v) is 5.92. The van der Waals surface area contributed by atoms with Crippen LogP contribution >= 0.6 is 0 Å². The zero-order valence-electron chi connectivity index (χ0n) is 13.6. The van der Waals surface area contributed by atoms with Crippen molar-refractivity contribution in [3.05, 3.63) is 58.7 Å². The summed E-state index contributed by atoms with van der Waals surface area (Å²) in [5.74, 6) is -0.0993. The van der Waals surface area contributed by atoms with Gasteiger partial charge in [-0.15, -0.1) is 0 Å². The molecule has 118 valence electrons. The Kier molecular flexibility index (Phi) is 3.90. The second-order valence-electron chi connectivity index (χ2n) is 5.92. The van der Waals surface area contributed by atoms with E-state index in [4.69, 9.17) is 4.74 Å². The first-order valence-corrected chi connectivity index (χ1v) is 7.64. The van der Waals surface area contributed by atoms with Crippen LogP contribution in [0.4, 0.5) is 5.69 Å². The number of ether oxygens (including phenoxy) is 1. The van der Waals surface area contributed by atoms with E-state index in [1.54, 1.807) is 6.07 Å². The van der Waals surface area contributed by atoms with E-state index in [0.29, 0.717) is 24.4 Å². The van der Waals surface area contributed by atoms with Crippen LogP contribution in [0, 0.1) is 20.8 Å². The van der Waals surface area contributed by atoms with E-state index in [1.165, 1.54) is 4.90 Å². The van der Waals surface area contributed by atoms with Gasteiger partial charge in [0.2, 0.25) is 0 Å². The fourth-order valence-corrected chi connectivity index (χ4v) is 2.75. The number of benzene rings is 2. The number of rotatable bonds is 4. The van der Waals surface area contributed by atoms with Gasteiger partial charge in [-0.1, -0.05) is 23.8 Å². The summed E-state index contributed by atoms with van der Waals surface area (Å²) in [6, 6.07) is 11.5. The molecule has 3 rings (SSSR count). The molecule has 0 atom stereocenters. The number of nitrogens with zero attached hydrogens (tertiary/aromatic N) is 1. The first kappa shape index (κ1) is 15.3. The van der Waals surface area contributed by atoms with Crippen LogP contribution in [0.25, 0.3) is 0 Å². The number of amides is 1. The third kappa shape index (κ3) is 2.84. The number of carbonyl (C=O) groups excluding carboxylic acids is 2. The average Bonchev–Trinajstić information content (AvgIpc) is 2.75. The van der Waals surface area contributed by atoms with Gasteiger partial charge in [-0.2, -0.15) is 0 Å². The molecule has 0 fully saturated rings. The monoisotopic (exact) mass is 309 g/mol. The molecule has 0 aliphatic carbocycles. The molecule has 0 spiro atoms. The Hall–Kier alpha value is -2.62. The smallest absolute Gasteiger partial charge is 0.299 e. The molecule has 1 amide bonds. The third-order valence-corrected chi connectivity index (χ3v) is 4.04. The Balaban J connectivity index is 1.73. The van der Waals surface area contributed by atoms with Gasteiger partial charge in [0.05, 0.1) is 17.8 Å². The predicted octanol–water partition coefficient (Wildman–Crippen LogP) is 3.22. The number of aryl methyl sites for hydroxylation is 3. The van der Waals surface area contributed by atoms with Gasteiger partial charge in [-0.05, 0) is 50.1 Å². The van der Waals surface area contributed by atoms with E-state index >= 15 is 0 Å². The Bertz CT molecular complexity index is 795. The van der Waals surface area contributed by atoms with Crippen LogP contribution < -0.4 is 9.64 Å². The number of anilines is 1. The minimum Gasteiger partial charge on any atom is -0.491 e. The largest absolute Gasteiger partial charge is 0.491 e. The minimum atomic E-state index is -0.477. The first-order chi connectivity index (χ1) is 11.0. The van der Waals surface area contributed by atoms with Crippen molar-refractivity contribution in [3.8, 4) is 5.75 Å². The fraction of sp³-hybridized carbons (Fsp3) is 0.263. The molecule has 0 bridgehead atoms. The van der Waals surface area contributed by atoms with Gasteiger partial charge in [-0.25, -0.2) is 0 Å². The highest BCUT2D eigenvalue weighted by Crippen LogP contribution is 2.29. The summed E-state index contributed by atoms with van der Waals surface area (Å²) in [6.07, 6.45) is 0. The van der Waals surface area contributed by atoms with Crippen molar-refractivity contribution in [1.29, 1.82) is 0 Å². The molecular formula is C19H19NO3. The van der Waals surface area contributed by atoms with E-state index in [0.717, 1.165) is 22.4 Å². The number of ketones is 1. The van der Waals surface area contributed by atoms with Gasteiger partial charge < -0.3 is 9.64 Å². The van der Waals surface area contributed by atoms with Crippen LogP contribution in [0.5, 0.6) is 5.75 Å². The Morgan fingerprint density at radius 3 is 2.43 bits per heavy atom. The summed E-state index contributed by atoms with van der Waals surface area (Å²) >= 11 is 0. The van der Waals surface area contributed by atoms with Crippen LogP contribution in [-0.4, -0.2) is 24.8 Å². The first-order valence-electron chi connectivity index (χ1n) is 7.64. The van der Waals surface area contributed by atoms with Gasteiger partial charge in [0.15, 0.2) is 0 Å². The number of hydrogen-bond acceptors (Lipinski definition) is 3. The van der Waals surface area contributed by atoms with Gasteiger partial charge in [0, 0.05) is 0 Å². The lowest BCUT2D eigenvalue weighted by molar-refractivity contribution is -0.114.